The Hall–Kier alpha value is -2.12. The van der Waals surface area contributed by atoms with Crippen LogP contribution in [-0.4, -0.2) is 13.1 Å². The molecule has 18 heavy (non-hydrogen) atoms. The summed E-state index contributed by atoms with van der Waals surface area (Å²) in [4.78, 5) is 10.6. The number of benzene rings is 1. The number of ether oxygens (including phenoxy) is 1. The van der Waals surface area contributed by atoms with Crippen LogP contribution in [0.25, 0.3) is 5.76 Å². The standard InChI is InChI=1S/C10H5F5O3/c1-18-4(17)2-3(16)5-6(11)8(13)10(15)9(14)7(5)12/h2,16H,1H3/p-1/b3-2-. The number of hydrogen-bond acceptors (Lipinski definition) is 3. The highest BCUT2D eigenvalue weighted by atomic mass is 19.2. The summed E-state index contributed by atoms with van der Waals surface area (Å²) in [6.45, 7) is 0. The molecule has 0 atom stereocenters. The molecule has 0 fully saturated rings. The van der Waals surface area contributed by atoms with Crippen LogP contribution in [0.1, 0.15) is 5.56 Å². The van der Waals surface area contributed by atoms with Crippen molar-refractivity contribution in [1.29, 1.82) is 0 Å². The Balaban J connectivity index is 3.51. The average molecular weight is 267 g/mol. The third kappa shape index (κ3) is 2.27. The summed E-state index contributed by atoms with van der Waals surface area (Å²) in [6, 6.07) is 0. The molecule has 8 heteroatoms. The molecular formula is C10H4F5O3-. The van der Waals surface area contributed by atoms with E-state index in [2.05, 4.69) is 4.74 Å². The number of carbonyl (C=O) groups excluding carboxylic acids is 1. The monoisotopic (exact) mass is 267 g/mol. The molecule has 0 N–H and O–H groups in total. The normalized spacial score (nSPS) is 11.6. The van der Waals surface area contributed by atoms with Crippen LogP contribution in [0.5, 0.6) is 0 Å². The molecule has 3 nitrogen and oxygen atoms in total. The van der Waals surface area contributed by atoms with Gasteiger partial charge in [0.05, 0.1) is 7.11 Å². The van der Waals surface area contributed by atoms with Crippen molar-refractivity contribution < 1.29 is 36.6 Å². The second-order valence-corrected chi connectivity index (χ2v) is 2.98. The minimum atomic E-state index is -2.39. The van der Waals surface area contributed by atoms with Crippen LogP contribution in [0.3, 0.4) is 0 Å². The van der Waals surface area contributed by atoms with Gasteiger partial charge in [0.2, 0.25) is 5.82 Å². The first kappa shape index (κ1) is 13.9. The van der Waals surface area contributed by atoms with Gasteiger partial charge in [-0.25, -0.2) is 26.7 Å². The van der Waals surface area contributed by atoms with Gasteiger partial charge < -0.3 is 9.84 Å². The van der Waals surface area contributed by atoms with E-state index in [9.17, 15) is 31.9 Å². The summed E-state index contributed by atoms with van der Waals surface area (Å²) < 4.78 is 68.3. The molecule has 0 heterocycles. The Labute approximate surface area is 97.1 Å². The quantitative estimate of drug-likeness (QED) is 0.202. The Bertz CT molecular complexity index is 510. The Kier molecular flexibility index (Phi) is 3.89. The van der Waals surface area contributed by atoms with Gasteiger partial charge in [-0.1, -0.05) is 5.76 Å². The lowest BCUT2D eigenvalue weighted by atomic mass is 10.1. The molecule has 0 saturated carbocycles. The minimum absolute atomic E-state index is 0.0677. The summed E-state index contributed by atoms with van der Waals surface area (Å²) >= 11 is 0. The van der Waals surface area contributed by atoms with Crippen LogP contribution < -0.4 is 5.11 Å². The molecule has 98 valence electrons. The Morgan fingerprint density at radius 2 is 1.39 bits per heavy atom. The molecule has 0 aliphatic carbocycles. The van der Waals surface area contributed by atoms with Gasteiger partial charge in [0.15, 0.2) is 23.3 Å². The molecular weight excluding hydrogens is 263 g/mol. The van der Waals surface area contributed by atoms with Crippen molar-refractivity contribution in [3.05, 3.63) is 40.7 Å². The van der Waals surface area contributed by atoms with Crippen LogP contribution in [0.2, 0.25) is 0 Å². The molecule has 0 amide bonds. The minimum Gasteiger partial charge on any atom is -0.872 e. The van der Waals surface area contributed by atoms with Gasteiger partial charge in [-0.3, -0.25) is 0 Å². The van der Waals surface area contributed by atoms with Crippen LogP contribution in [-0.2, 0) is 9.53 Å². The van der Waals surface area contributed by atoms with Crippen LogP contribution in [0.15, 0.2) is 6.08 Å². The first-order valence-corrected chi connectivity index (χ1v) is 4.29. The molecule has 0 spiro atoms. The molecule has 1 rings (SSSR count). The molecule has 0 bridgehead atoms. The topological polar surface area (TPSA) is 49.4 Å². The summed E-state index contributed by atoms with van der Waals surface area (Å²) in [5.41, 5.74) is -1.71. The SMILES string of the molecule is COC(=O)/C=C(\[O-])c1c(F)c(F)c(F)c(F)c1F. The lowest BCUT2D eigenvalue weighted by Gasteiger charge is -2.14. The van der Waals surface area contributed by atoms with E-state index in [0.29, 0.717) is 0 Å². The zero-order valence-corrected chi connectivity index (χ0v) is 8.69. The highest BCUT2D eigenvalue weighted by molar-refractivity contribution is 5.89. The number of rotatable bonds is 2. The first-order chi connectivity index (χ1) is 8.31. The number of carbonyl (C=O) groups is 1. The lowest BCUT2D eigenvalue weighted by Crippen LogP contribution is -2.14. The Morgan fingerprint density at radius 3 is 1.78 bits per heavy atom. The number of hydrogen-bond donors (Lipinski definition) is 0. The maximum atomic E-state index is 13.1. The predicted molar refractivity (Wildman–Crippen MR) is 46.2 cm³/mol. The first-order valence-electron chi connectivity index (χ1n) is 4.29. The van der Waals surface area contributed by atoms with E-state index in [-0.39, 0.29) is 6.08 Å². The summed E-state index contributed by atoms with van der Waals surface area (Å²) in [7, 11) is 0.866. The van der Waals surface area contributed by atoms with Crippen molar-refractivity contribution in [2.24, 2.45) is 0 Å². The molecule has 1 aromatic rings. The van der Waals surface area contributed by atoms with E-state index in [1.54, 1.807) is 0 Å². The molecule has 0 unspecified atom stereocenters. The van der Waals surface area contributed by atoms with Crippen LogP contribution in [0, 0.1) is 29.1 Å². The van der Waals surface area contributed by atoms with E-state index in [1.807, 2.05) is 0 Å². The number of esters is 1. The van der Waals surface area contributed by atoms with Crippen LogP contribution in [0.4, 0.5) is 22.0 Å². The van der Waals surface area contributed by atoms with Crippen LogP contribution >= 0.6 is 0 Å². The summed E-state index contributed by atoms with van der Waals surface area (Å²) in [6.07, 6.45) is 0.0677. The average Bonchev–Trinajstić information content (AvgIpc) is 2.34. The fourth-order valence-corrected chi connectivity index (χ4v) is 1.06. The lowest BCUT2D eigenvalue weighted by molar-refractivity contribution is -0.244. The van der Waals surface area contributed by atoms with Gasteiger partial charge in [0, 0.05) is 11.6 Å². The van der Waals surface area contributed by atoms with Crippen molar-refractivity contribution in [2.45, 2.75) is 0 Å². The van der Waals surface area contributed by atoms with E-state index in [4.69, 9.17) is 0 Å². The van der Waals surface area contributed by atoms with Gasteiger partial charge in [0.1, 0.15) is 0 Å². The molecule has 0 aliphatic rings. The van der Waals surface area contributed by atoms with Gasteiger partial charge >= 0.3 is 5.97 Å². The second-order valence-electron chi connectivity index (χ2n) is 2.98. The maximum absolute atomic E-state index is 13.1. The van der Waals surface area contributed by atoms with Gasteiger partial charge in [0.25, 0.3) is 0 Å². The van der Waals surface area contributed by atoms with E-state index < -0.39 is 46.4 Å². The zero-order chi connectivity index (χ0) is 14.0. The molecule has 0 saturated heterocycles. The molecule has 0 radical (unpaired) electrons. The third-order valence-corrected chi connectivity index (χ3v) is 1.91. The second kappa shape index (κ2) is 5.03. The predicted octanol–water partition coefficient (Wildman–Crippen LogP) is 1.26. The van der Waals surface area contributed by atoms with Crippen molar-refractivity contribution >= 4 is 11.7 Å². The van der Waals surface area contributed by atoms with Crippen molar-refractivity contribution in [1.82, 2.24) is 0 Å². The van der Waals surface area contributed by atoms with Crippen molar-refractivity contribution in [3.63, 3.8) is 0 Å². The number of methoxy groups -OCH3 is 1. The highest BCUT2D eigenvalue weighted by Gasteiger charge is 2.25. The third-order valence-electron chi connectivity index (χ3n) is 1.91. The van der Waals surface area contributed by atoms with Crippen molar-refractivity contribution in [3.8, 4) is 0 Å². The highest BCUT2D eigenvalue weighted by Crippen LogP contribution is 2.26. The molecule has 0 aromatic heterocycles. The van der Waals surface area contributed by atoms with Gasteiger partial charge in [-0.2, -0.15) is 0 Å². The van der Waals surface area contributed by atoms with Crippen molar-refractivity contribution in [2.75, 3.05) is 7.11 Å². The van der Waals surface area contributed by atoms with E-state index >= 15 is 0 Å². The van der Waals surface area contributed by atoms with Gasteiger partial charge in [-0.15, -0.1) is 0 Å². The molecule has 1 aromatic carbocycles. The van der Waals surface area contributed by atoms with Gasteiger partial charge in [-0.05, 0) is 0 Å². The van der Waals surface area contributed by atoms with E-state index in [0.717, 1.165) is 7.11 Å². The fraction of sp³-hybridized carbons (Fsp3) is 0.100. The van der Waals surface area contributed by atoms with E-state index in [1.165, 1.54) is 0 Å². The zero-order valence-electron chi connectivity index (χ0n) is 8.69. The Morgan fingerprint density at radius 1 is 1.00 bits per heavy atom. The molecule has 0 aliphatic heterocycles. The summed E-state index contributed by atoms with van der Waals surface area (Å²) in [5.74, 6) is -14.5. The largest absolute Gasteiger partial charge is 0.872 e. The maximum Gasteiger partial charge on any atom is 0.329 e. The smallest absolute Gasteiger partial charge is 0.329 e. The number of halogens is 5. The fourth-order valence-electron chi connectivity index (χ4n) is 1.06. The summed E-state index contributed by atoms with van der Waals surface area (Å²) in [5, 5.41) is 11.2.